The summed E-state index contributed by atoms with van der Waals surface area (Å²) in [6, 6.07) is 18.0. The number of benzene rings is 2. The van der Waals surface area contributed by atoms with Gasteiger partial charge in [-0.1, -0.05) is 29.8 Å². The van der Waals surface area contributed by atoms with Gasteiger partial charge in [0.05, 0.1) is 18.7 Å². The van der Waals surface area contributed by atoms with E-state index in [1.807, 2.05) is 48.5 Å². The van der Waals surface area contributed by atoms with Gasteiger partial charge in [0.15, 0.2) is 0 Å². The molecule has 25 heavy (non-hydrogen) atoms. The van der Waals surface area contributed by atoms with Gasteiger partial charge >= 0.3 is 0 Å². The Balaban J connectivity index is 1.55. The van der Waals surface area contributed by atoms with Crippen LogP contribution in [0.3, 0.4) is 0 Å². The molecule has 0 radical (unpaired) electrons. The molecule has 0 spiro atoms. The Kier molecular flexibility index (Phi) is 6.39. The standard InChI is InChI=1S/C20H19ClINO2/c1-24-19-5-3-2-4-14(19)10-11-23-13-16-7-9-20(25-16)17-8-6-15(22)12-18(17)21/h2-9,12,23H,10-11,13H2,1H3. The number of rotatable bonds is 7. The molecule has 3 aromatic rings. The molecule has 130 valence electrons. The molecule has 0 amide bonds. The van der Waals surface area contributed by atoms with E-state index in [9.17, 15) is 0 Å². The van der Waals surface area contributed by atoms with Crippen molar-refractivity contribution in [3.8, 4) is 17.1 Å². The molecule has 0 aliphatic carbocycles. The number of nitrogens with one attached hydrogen (secondary N) is 1. The van der Waals surface area contributed by atoms with Crippen LogP contribution in [0.1, 0.15) is 11.3 Å². The summed E-state index contributed by atoms with van der Waals surface area (Å²) < 4.78 is 12.4. The van der Waals surface area contributed by atoms with Crippen LogP contribution in [0, 0.1) is 3.57 Å². The van der Waals surface area contributed by atoms with Crippen molar-refractivity contribution in [1.29, 1.82) is 0 Å². The second kappa shape index (κ2) is 8.74. The molecule has 2 aromatic carbocycles. The van der Waals surface area contributed by atoms with Crippen molar-refractivity contribution in [2.24, 2.45) is 0 Å². The Bertz CT molecular complexity index is 847. The van der Waals surface area contributed by atoms with Crippen LogP contribution < -0.4 is 10.1 Å². The topological polar surface area (TPSA) is 34.4 Å². The highest BCUT2D eigenvalue weighted by molar-refractivity contribution is 14.1. The Morgan fingerprint density at radius 3 is 2.76 bits per heavy atom. The lowest BCUT2D eigenvalue weighted by atomic mass is 10.1. The second-order valence-corrected chi connectivity index (χ2v) is 7.28. The summed E-state index contributed by atoms with van der Waals surface area (Å²) in [7, 11) is 1.70. The van der Waals surface area contributed by atoms with Crippen LogP contribution in [0.25, 0.3) is 11.3 Å². The molecule has 0 bridgehead atoms. The zero-order chi connectivity index (χ0) is 17.6. The van der Waals surface area contributed by atoms with Crippen molar-refractivity contribution in [3.05, 3.63) is 74.5 Å². The van der Waals surface area contributed by atoms with Crippen molar-refractivity contribution in [2.45, 2.75) is 13.0 Å². The predicted molar refractivity (Wildman–Crippen MR) is 110 cm³/mol. The normalized spacial score (nSPS) is 10.8. The molecule has 0 atom stereocenters. The summed E-state index contributed by atoms with van der Waals surface area (Å²) in [5.74, 6) is 2.62. The fourth-order valence-electron chi connectivity index (χ4n) is 2.65. The second-order valence-electron chi connectivity index (χ2n) is 5.63. The van der Waals surface area contributed by atoms with E-state index in [-0.39, 0.29) is 0 Å². The third-order valence-electron chi connectivity index (χ3n) is 3.92. The number of methoxy groups -OCH3 is 1. The fraction of sp³-hybridized carbons (Fsp3) is 0.200. The Hall–Kier alpha value is -1.50. The highest BCUT2D eigenvalue weighted by Crippen LogP contribution is 2.30. The van der Waals surface area contributed by atoms with Gasteiger partial charge in [-0.2, -0.15) is 0 Å². The Morgan fingerprint density at radius 2 is 1.96 bits per heavy atom. The summed E-state index contributed by atoms with van der Waals surface area (Å²) in [6.07, 6.45) is 0.903. The minimum atomic E-state index is 0.678. The van der Waals surface area contributed by atoms with Gasteiger partial charge in [0.2, 0.25) is 0 Å². The van der Waals surface area contributed by atoms with E-state index in [1.165, 1.54) is 5.56 Å². The smallest absolute Gasteiger partial charge is 0.135 e. The lowest BCUT2D eigenvalue weighted by molar-refractivity contribution is 0.408. The van der Waals surface area contributed by atoms with Gasteiger partial charge in [0.1, 0.15) is 17.3 Å². The van der Waals surface area contributed by atoms with Crippen LogP contribution in [0.5, 0.6) is 5.75 Å². The van der Waals surface area contributed by atoms with Crippen molar-refractivity contribution in [3.63, 3.8) is 0 Å². The third kappa shape index (κ3) is 4.77. The number of furan rings is 1. The molecule has 5 heteroatoms. The molecule has 3 rings (SSSR count). The van der Waals surface area contributed by atoms with Gasteiger partial charge in [0.25, 0.3) is 0 Å². The zero-order valence-electron chi connectivity index (χ0n) is 13.9. The highest BCUT2D eigenvalue weighted by Gasteiger charge is 2.09. The van der Waals surface area contributed by atoms with Crippen molar-refractivity contribution < 1.29 is 9.15 Å². The molecule has 1 aromatic heterocycles. The molecule has 1 N–H and O–H groups in total. The quantitative estimate of drug-likeness (QED) is 0.366. The minimum Gasteiger partial charge on any atom is -0.496 e. The molecule has 0 saturated heterocycles. The zero-order valence-corrected chi connectivity index (χ0v) is 16.8. The lowest BCUT2D eigenvalue weighted by Crippen LogP contribution is -2.16. The third-order valence-corrected chi connectivity index (χ3v) is 4.90. The van der Waals surface area contributed by atoms with E-state index < -0.39 is 0 Å². The highest BCUT2D eigenvalue weighted by atomic mass is 127. The first-order chi connectivity index (χ1) is 12.2. The fourth-order valence-corrected chi connectivity index (χ4v) is 3.60. The first kappa shape index (κ1) is 18.3. The minimum absolute atomic E-state index is 0.678. The van der Waals surface area contributed by atoms with E-state index in [2.05, 4.69) is 34.0 Å². The predicted octanol–water partition coefficient (Wildman–Crippen LogP) is 5.55. The van der Waals surface area contributed by atoms with E-state index in [0.29, 0.717) is 11.6 Å². The first-order valence-corrected chi connectivity index (χ1v) is 9.50. The van der Waals surface area contributed by atoms with E-state index in [0.717, 1.165) is 39.4 Å². The van der Waals surface area contributed by atoms with Crippen LogP contribution in [0.2, 0.25) is 5.02 Å². The summed E-state index contributed by atoms with van der Waals surface area (Å²) in [5, 5.41) is 4.11. The maximum Gasteiger partial charge on any atom is 0.135 e. The molecule has 3 nitrogen and oxygen atoms in total. The monoisotopic (exact) mass is 467 g/mol. The first-order valence-electron chi connectivity index (χ1n) is 8.04. The maximum atomic E-state index is 6.30. The summed E-state index contributed by atoms with van der Waals surface area (Å²) >= 11 is 8.55. The number of ether oxygens (including phenoxy) is 1. The van der Waals surface area contributed by atoms with E-state index in [4.69, 9.17) is 20.8 Å². The molecule has 0 saturated carbocycles. The molecule has 0 unspecified atom stereocenters. The Labute approximate surface area is 166 Å². The SMILES string of the molecule is COc1ccccc1CCNCc1ccc(-c2ccc(I)cc2Cl)o1. The molecular weight excluding hydrogens is 449 g/mol. The number of hydrogen-bond donors (Lipinski definition) is 1. The van der Waals surface area contributed by atoms with Crippen LogP contribution in [0.15, 0.2) is 59.0 Å². The number of hydrogen-bond acceptors (Lipinski definition) is 3. The van der Waals surface area contributed by atoms with Gasteiger partial charge < -0.3 is 14.5 Å². The van der Waals surface area contributed by atoms with Crippen LogP contribution in [-0.2, 0) is 13.0 Å². The van der Waals surface area contributed by atoms with Gasteiger partial charge in [-0.05, 0) is 77.5 Å². The molecule has 1 heterocycles. The van der Waals surface area contributed by atoms with Gasteiger partial charge in [0, 0.05) is 9.13 Å². The van der Waals surface area contributed by atoms with Crippen LogP contribution in [-0.4, -0.2) is 13.7 Å². The summed E-state index contributed by atoms with van der Waals surface area (Å²) in [6.45, 7) is 1.53. The molecule has 0 fully saturated rings. The molecule has 0 aliphatic rings. The summed E-state index contributed by atoms with van der Waals surface area (Å²) in [5.41, 5.74) is 2.12. The van der Waals surface area contributed by atoms with Gasteiger partial charge in [-0.3, -0.25) is 0 Å². The van der Waals surface area contributed by atoms with Crippen molar-refractivity contribution in [2.75, 3.05) is 13.7 Å². The summed E-state index contributed by atoms with van der Waals surface area (Å²) in [4.78, 5) is 0. The average Bonchev–Trinajstić information content (AvgIpc) is 3.07. The van der Waals surface area contributed by atoms with Crippen molar-refractivity contribution in [1.82, 2.24) is 5.32 Å². The van der Waals surface area contributed by atoms with Crippen LogP contribution >= 0.6 is 34.2 Å². The number of halogens is 2. The Morgan fingerprint density at radius 1 is 1.12 bits per heavy atom. The largest absolute Gasteiger partial charge is 0.496 e. The van der Waals surface area contributed by atoms with Gasteiger partial charge in [-0.15, -0.1) is 0 Å². The lowest BCUT2D eigenvalue weighted by Gasteiger charge is -2.08. The van der Waals surface area contributed by atoms with Crippen LogP contribution in [0.4, 0.5) is 0 Å². The molecule has 0 aliphatic heterocycles. The number of para-hydroxylation sites is 1. The van der Waals surface area contributed by atoms with E-state index in [1.54, 1.807) is 7.11 Å². The van der Waals surface area contributed by atoms with E-state index >= 15 is 0 Å². The maximum absolute atomic E-state index is 6.30. The van der Waals surface area contributed by atoms with Crippen molar-refractivity contribution >= 4 is 34.2 Å². The average molecular weight is 468 g/mol. The van der Waals surface area contributed by atoms with Gasteiger partial charge in [-0.25, -0.2) is 0 Å². The molecular formula is C20H19ClINO2.